The summed E-state index contributed by atoms with van der Waals surface area (Å²) in [6.07, 6.45) is 4.01. The second-order valence-corrected chi connectivity index (χ2v) is 9.74. The summed E-state index contributed by atoms with van der Waals surface area (Å²) in [6, 6.07) is 22.8. The molecule has 0 N–H and O–H groups in total. The van der Waals surface area contributed by atoms with E-state index in [0.717, 1.165) is 32.8 Å². The van der Waals surface area contributed by atoms with Gasteiger partial charge in [0.1, 0.15) is 6.33 Å². The van der Waals surface area contributed by atoms with Gasteiger partial charge in [-0.3, -0.25) is 4.99 Å². The largest absolute Gasteiger partial charge is 0.618 e. The summed E-state index contributed by atoms with van der Waals surface area (Å²) in [5.74, 6) is -0.918. The van der Waals surface area contributed by atoms with E-state index in [0.29, 0.717) is 29.8 Å². The number of fused-ring (bicyclic) bond motifs is 1. The van der Waals surface area contributed by atoms with Crippen molar-refractivity contribution >= 4 is 23.0 Å². The number of hydrogen-bond acceptors (Lipinski definition) is 5. The normalized spacial score (nSPS) is 13.3. The molecule has 0 fully saturated rings. The second kappa shape index (κ2) is 9.79. The second-order valence-electron chi connectivity index (χ2n) is 9.33. The number of hydrogen-bond donors (Lipinski definition) is 0. The Morgan fingerprint density at radius 3 is 2.68 bits per heavy atom. The van der Waals surface area contributed by atoms with Crippen LogP contribution in [0.2, 0.25) is 5.02 Å². The van der Waals surface area contributed by atoms with Crippen LogP contribution in [0.1, 0.15) is 28.3 Å². The maximum absolute atomic E-state index is 15.3. The van der Waals surface area contributed by atoms with Crippen LogP contribution in [0.3, 0.4) is 0 Å². The molecule has 0 saturated carbocycles. The molecule has 0 radical (unpaired) electrons. The van der Waals surface area contributed by atoms with Gasteiger partial charge in [-0.25, -0.2) is 4.39 Å². The molecule has 3 heterocycles. The molecule has 0 spiro atoms. The zero-order valence-electron chi connectivity index (χ0n) is 20.4. The highest BCUT2D eigenvalue weighted by Gasteiger charge is 2.30. The molecule has 188 valence electrons. The van der Waals surface area contributed by atoms with Gasteiger partial charge >= 0.3 is 0 Å². The van der Waals surface area contributed by atoms with Crippen LogP contribution < -0.4 is 4.73 Å². The van der Waals surface area contributed by atoms with Gasteiger partial charge in [0.25, 0.3) is 0 Å². The van der Waals surface area contributed by atoms with Crippen LogP contribution in [-0.4, -0.2) is 25.9 Å². The molecule has 0 unspecified atom stereocenters. The Morgan fingerprint density at radius 1 is 1.08 bits per heavy atom. The lowest BCUT2D eigenvalue weighted by Gasteiger charge is -2.18. The molecule has 0 amide bonds. The molecule has 9 heteroatoms. The van der Waals surface area contributed by atoms with Crippen LogP contribution >= 0.6 is 11.6 Å². The zero-order chi connectivity index (χ0) is 26.2. The molecule has 0 aliphatic carbocycles. The van der Waals surface area contributed by atoms with Crippen molar-refractivity contribution in [1.29, 1.82) is 0 Å². The van der Waals surface area contributed by atoms with E-state index in [1.165, 1.54) is 23.3 Å². The highest BCUT2D eigenvalue weighted by Crippen LogP contribution is 2.36. The number of tetrazole rings is 1. The third-order valence-electron chi connectivity index (χ3n) is 6.82. The Kier molecular flexibility index (Phi) is 6.17. The van der Waals surface area contributed by atoms with E-state index >= 15 is 4.39 Å². The molecule has 1 aliphatic heterocycles. The molecule has 1 aliphatic rings. The average Bonchev–Trinajstić information content (AvgIpc) is 3.60. The predicted molar refractivity (Wildman–Crippen MR) is 143 cm³/mol. The Balaban J connectivity index is 1.44. The summed E-state index contributed by atoms with van der Waals surface area (Å²) in [7, 11) is 0. The van der Waals surface area contributed by atoms with E-state index in [9.17, 15) is 5.21 Å². The Morgan fingerprint density at radius 2 is 1.92 bits per heavy atom. The van der Waals surface area contributed by atoms with Gasteiger partial charge < -0.3 is 5.21 Å². The van der Waals surface area contributed by atoms with Gasteiger partial charge in [0.15, 0.2) is 12.0 Å². The number of aryl methyl sites for hydroxylation is 1. The van der Waals surface area contributed by atoms with Crippen LogP contribution in [0.5, 0.6) is 0 Å². The number of halogens is 2. The van der Waals surface area contributed by atoms with Crippen LogP contribution in [0.4, 0.5) is 10.1 Å². The first-order chi connectivity index (χ1) is 18.5. The number of benzene rings is 3. The van der Waals surface area contributed by atoms with Crippen molar-refractivity contribution < 1.29 is 9.12 Å². The van der Waals surface area contributed by atoms with E-state index in [4.69, 9.17) is 16.6 Å². The molecular weight excluding hydrogens is 503 g/mol. The maximum Gasteiger partial charge on any atom is 0.201 e. The number of aromatic nitrogens is 5. The standard InChI is InChI=1S/C29H22ClFN6O/c1-18-7-8-20-15-25(33-24(20)13-18)22(14-19-5-3-2-4-6-19)26-11-9-21(16-37(26)38)28-27(36-17-32-34-35-36)12-10-23(30)29(28)31/h2-13,16-17,22H,14-15H2,1H3/t22-/m1/s1. The fourth-order valence-corrected chi connectivity index (χ4v) is 5.11. The van der Waals surface area contributed by atoms with Crippen molar-refractivity contribution in [3.05, 3.63) is 124 Å². The van der Waals surface area contributed by atoms with Crippen LogP contribution in [-0.2, 0) is 12.8 Å². The summed E-state index contributed by atoms with van der Waals surface area (Å²) in [4.78, 5) is 4.94. The summed E-state index contributed by atoms with van der Waals surface area (Å²) in [5, 5.41) is 24.7. The molecule has 2 aromatic heterocycles. The highest BCUT2D eigenvalue weighted by atomic mass is 35.5. The van der Waals surface area contributed by atoms with Gasteiger partial charge in [0, 0.05) is 18.2 Å². The Hall–Kier alpha value is -4.43. The first-order valence-electron chi connectivity index (χ1n) is 12.1. The van der Waals surface area contributed by atoms with Gasteiger partial charge in [-0.1, -0.05) is 54.1 Å². The molecule has 7 nitrogen and oxygen atoms in total. The molecule has 38 heavy (non-hydrogen) atoms. The quantitative estimate of drug-likeness (QED) is 0.210. The van der Waals surface area contributed by atoms with E-state index in [1.54, 1.807) is 18.2 Å². The van der Waals surface area contributed by atoms with Crippen molar-refractivity contribution in [2.75, 3.05) is 0 Å². The minimum Gasteiger partial charge on any atom is -0.618 e. The van der Waals surface area contributed by atoms with Gasteiger partial charge in [-0.05, 0) is 64.7 Å². The van der Waals surface area contributed by atoms with Crippen molar-refractivity contribution in [3.63, 3.8) is 0 Å². The fraction of sp³-hybridized carbons (Fsp3) is 0.138. The highest BCUT2D eigenvalue weighted by molar-refractivity contribution is 6.31. The zero-order valence-corrected chi connectivity index (χ0v) is 21.2. The lowest BCUT2D eigenvalue weighted by molar-refractivity contribution is -0.614. The van der Waals surface area contributed by atoms with Crippen LogP contribution in [0.15, 0.2) is 90.3 Å². The molecule has 3 aromatic carbocycles. The average molecular weight is 525 g/mol. The van der Waals surface area contributed by atoms with Crippen molar-refractivity contribution in [2.45, 2.75) is 25.7 Å². The third kappa shape index (κ3) is 4.43. The Labute approximate surface area is 223 Å². The monoisotopic (exact) mass is 524 g/mol. The molecule has 0 bridgehead atoms. The van der Waals surface area contributed by atoms with Gasteiger partial charge in [0.05, 0.1) is 33.4 Å². The summed E-state index contributed by atoms with van der Waals surface area (Å²) >= 11 is 6.11. The number of rotatable bonds is 6. The summed E-state index contributed by atoms with van der Waals surface area (Å²) in [5.41, 5.74) is 6.65. The molecule has 5 aromatic rings. The first kappa shape index (κ1) is 23.9. The maximum atomic E-state index is 15.3. The fourth-order valence-electron chi connectivity index (χ4n) is 4.95. The van der Waals surface area contributed by atoms with Crippen molar-refractivity contribution in [1.82, 2.24) is 20.2 Å². The van der Waals surface area contributed by atoms with Gasteiger partial charge in [-0.2, -0.15) is 9.41 Å². The Bertz CT molecular complexity index is 1670. The van der Waals surface area contributed by atoms with Crippen molar-refractivity contribution in [3.8, 4) is 16.8 Å². The number of nitrogens with zero attached hydrogens (tertiary/aromatic N) is 6. The minimum absolute atomic E-state index is 0.0614. The van der Waals surface area contributed by atoms with Gasteiger partial charge in [0.2, 0.25) is 5.69 Å². The van der Waals surface area contributed by atoms with Crippen molar-refractivity contribution in [2.24, 2.45) is 4.99 Å². The topological polar surface area (TPSA) is 82.9 Å². The van der Waals surface area contributed by atoms with Crippen LogP contribution in [0, 0.1) is 17.9 Å². The van der Waals surface area contributed by atoms with E-state index in [2.05, 4.69) is 33.7 Å². The summed E-state index contributed by atoms with van der Waals surface area (Å²) in [6.45, 7) is 2.04. The predicted octanol–water partition coefficient (Wildman–Crippen LogP) is 5.72. The van der Waals surface area contributed by atoms with Crippen LogP contribution in [0.25, 0.3) is 16.8 Å². The minimum atomic E-state index is -0.653. The SMILES string of the molecule is Cc1ccc2c(c1)N=C([C@@H](Cc1ccccc1)c1ccc(-c3c(-n4cnnn4)ccc(Cl)c3F)c[n+]1[O-])C2. The lowest BCUT2D eigenvalue weighted by atomic mass is 9.88. The lowest BCUT2D eigenvalue weighted by Crippen LogP contribution is -2.36. The first-order valence-corrected chi connectivity index (χ1v) is 12.5. The smallest absolute Gasteiger partial charge is 0.201 e. The van der Waals surface area contributed by atoms with E-state index in [1.807, 2.05) is 37.3 Å². The molecule has 1 atom stereocenters. The van der Waals surface area contributed by atoms with E-state index < -0.39 is 5.82 Å². The van der Waals surface area contributed by atoms with Gasteiger partial charge in [-0.15, -0.1) is 5.10 Å². The molecular formula is C29H22ClFN6O. The third-order valence-corrected chi connectivity index (χ3v) is 7.11. The summed E-state index contributed by atoms with van der Waals surface area (Å²) < 4.78 is 17.4. The molecule has 0 saturated heterocycles. The van der Waals surface area contributed by atoms with E-state index in [-0.39, 0.29) is 16.5 Å². The molecule has 6 rings (SSSR count). The number of aliphatic imine (C=N–C) groups is 1. The number of pyridine rings is 1.